The predicted molar refractivity (Wildman–Crippen MR) is 525 cm³/mol. The number of nitrogens with zero attached hydrogens (tertiary/aromatic N) is 9. The summed E-state index contributed by atoms with van der Waals surface area (Å²) in [6.07, 6.45) is 26.2. The van der Waals surface area contributed by atoms with Crippen molar-refractivity contribution < 1.29 is 168 Å². The van der Waals surface area contributed by atoms with Gasteiger partial charge in [-0.25, -0.2) is 48.8 Å². The zero-order valence-corrected chi connectivity index (χ0v) is 91.5. The third-order valence-electron chi connectivity index (χ3n) is 36.1. The van der Waals surface area contributed by atoms with Gasteiger partial charge in [0.05, 0.1) is 111 Å². The van der Waals surface area contributed by atoms with Gasteiger partial charge in [-0.1, -0.05) is 156 Å². The second-order valence-corrected chi connectivity index (χ2v) is 45.5. The van der Waals surface area contributed by atoms with Crippen LogP contribution in [0.4, 0.5) is 26.3 Å². The normalized spacial score (nSPS) is 32.5. The first-order chi connectivity index (χ1) is 69.4. The number of hydrogen-bond acceptors (Lipinski definition) is 24. The van der Waals surface area contributed by atoms with Crippen LogP contribution in [-0.2, 0) is 131 Å². The molecule has 805 valence electrons. The average Bonchev–Trinajstić information content (AvgIpc) is 1.57. The van der Waals surface area contributed by atoms with Gasteiger partial charge in [0.15, 0.2) is 17.1 Å². The monoisotopic (exact) mass is 2170 g/mol. The molecule has 19 rings (SSSR count). The van der Waals surface area contributed by atoms with Crippen LogP contribution >= 0.6 is 0 Å². The molecule has 3 aromatic heterocycles. The second kappa shape index (κ2) is 47.7. The quantitative estimate of drug-likeness (QED) is 0.0475. The number of amides is 3. The molecule has 6 aliphatic heterocycles. The number of hydrogen-bond donors (Lipinski definition) is 0. The van der Waals surface area contributed by atoms with Gasteiger partial charge in [0.2, 0.25) is 35.4 Å². The van der Waals surface area contributed by atoms with E-state index in [9.17, 15) is 43.2 Å². The molecule has 27 nitrogen and oxygen atoms in total. The summed E-state index contributed by atoms with van der Waals surface area (Å²) in [5.41, 5.74) is -2.54. The number of methoxy groups -OCH3 is 3. The number of halogens is 6. The van der Waals surface area contributed by atoms with Gasteiger partial charge in [0, 0.05) is 99.0 Å². The van der Waals surface area contributed by atoms with Crippen LogP contribution in [0.3, 0.4) is 0 Å². The van der Waals surface area contributed by atoms with Crippen LogP contribution < -0.4 is 28.4 Å². The molecule has 7 saturated carbocycles. The minimum absolute atomic E-state index is 0. The van der Waals surface area contributed by atoms with E-state index in [1.54, 1.807) is 54.6 Å². The fourth-order valence-corrected chi connectivity index (χ4v) is 27.0. The van der Waals surface area contributed by atoms with Crippen molar-refractivity contribution >= 4 is 87.6 Å². The third kappa shape index (κ3) is 24.4. The third-order valence-corrected chi connectivity index (χ3v) is 36.1. The minimum atomic E-state index is -3.36. The Balaban J connectivity index is 0.000000173. The van der Waals surface area contributed by atoms with Crippen molar-refractivity contribution in [2.45, 2.75) is 377 Å². The Morgan fingerprint density at radius 2 is 0.682 bits per heavy atom. The van der Waals surface area contributed by atoms with E-state index in [2.05, 4.69) is 69.5 Å². The molecule has 0 spiro atoms. The Bertz CT molecular complexity index is 5630. The molecule has 148 heavy (non-hydrogen) atoms. The summed E-state index contributed by atoms with van der Waals surface area (Å²) in [6, 6.07) is 11.7. The number of benzene rings is 3. The number of fused-ring (bicyclic) bond motifs is 17. The van der Waals surface area contributed by atoms with Crippen LogP contribution in [0.15, 0.2) is 54.6 Å². The van der Waals surface area contributed by atoms with E-state index >= 15 is 26.3 Å². The van der Waals surface area contributed by atoms with E-state index in [0.29, 0.717) is 122 Å². The molecule has 20 atom stereocenters. The van der Waals surface area contributed by atoms with Gasteiger partial charge in [-0.2, -0.15) is 26.3 Å². The topological polar surface area (TPSA) is 324 Å². The molecule has 0 N–H and O–H groups in total. The average molecular weight is 2170 g/mol. The number of carbonyl (C=O) groups excluding carboxylic acids is 9. The van der Waals surface area contributed by atoms with Crippen LogP contribution in [0.5, 0.6) is 34.9 Å². The van der Waals surface area contributed by atoms with Crippen molar-refractivity contribution in [1.29, 1.82) is 0 Å². The Morgan fingerprint density at radius 3 is 1.03 bits per heavy atom. The SMILES string of the molecule is CC[C@@H]1[C@@H]2CN(C(=O)[C@H](C3(C)CCCCC3)CC(=O)O[C@@H]3CC4CC4[C@H]3CCCCC(F)(F)c3nc4ccc(OC)cc4nc3O2)[C@@H]1[C-]=O.CC[C@@H]1[C@@H]2CN(C(=O)[C@H](C3(C)CCCCC3)CC(=O)O[C@]3(C)CCC[C@H]3CCCCC(F)(F)c3nc4ccc(OC)cc4nc3O2)[C@@H]1[C-]=O.CC[C@@H]1[C@@H]2CN(C(=O)[C@H](C3(C)CCCCC3)CC(=O)O[C@]3(C)C[C@H]3CCCCC(F)(F)c3nc4ccc(OC)cc4nc3O2)[C@@H]1[C-]=O.[V].[V].[V]. The maximum Gasteiger partial charge on any atom is 0.307 e. The predicted octanol–water partition coefficient (Wildman–Crippen LogP) is 21.1. The van der Waals surface area contributed by atoms with Crippen LogP contribution in [-0.4, -0.2) is 194 Å². The summed E-state index contributed by atoms with van der Waals surface area (Å²) in [5, 5.41) is 0. The summed E-state index contributed by atoms with van der Waals surface area (Å²) in [4.78, 5) is 154. The number of alkyl halides is 6. The number of esters is 3. The van der Waals surface area contributed by atoms with E-state index in [4.69, 9.17) is 42.6 Å². The largest absolute Gasteiger partial charge is 0.540 e. The van der Waals surface area contributed by atoms with Gasteiger partial charge >= 0.3 is 17.9 Å². The Labute approximate surface area is 900 Å². The van der Waals surface area contributed by atoms with E-state index < -0.39 is 165 Å². The first-order valence-electron chi connectivity index (χ1n) is 53.8. The van der Waals surface area contributed by atoms with Gasteiger partial charge in [-0.05, 0) is 223 Å². The molecule has 13 aliphatic rings. The van der Waals surface area contributed by atoms with Gasteiger partial charge in [-0.15, -0.1) is 0 Å². The Morgan fingerprint density at radius 1 is 0.358 bits per heavy atom. The van der Waals surface area contributed by atoms with Crippen molar-refractivity contribution in [2.75, 3.05) is 41.0 Å². The number of ether oxygens (including phenoxy) is 9. The van der Waals surface area contributed by atoms with Crippen molar-refractivity contribution in [1.82, 2.24) is 44.6 Å². The molecule has 10 fully saturated rings. The molecule has 9 heterocycles. The van der Waals surface area contributed by atoms with Gasteiger partial charge in [-0.3, -0.25) is 28.8 Å². The van der Waals surface area contributed by atoms with Gasteiger partial charge < -0.3 is 71.7 Å². The maximum absolute atomic E-state index is 16.2. The van der Waals surface area contributed by atoms with Crippen LogP contribution in [0.25, 0.3) is 33.1 Å². The van der Waals surface area contributed by atoms with Gasteiger partial charge in [0.25, 0.3) is 17.8 Å². The molecule has 3 saturated heterocycles. The molecular weight excluding hydrogens is 2030 g/mol. The molecule has 7 aliphatic carbocycles. The molecule has 3 aromatic carbocycles. The summed E-state index contributed by atoms with van der Waals surface area (Å²) in [5.74, 6) is -14.1. The van der Waals surface area contributed by atoms with E-state index in [1.807, 2.05) is 34.6 Å². The zero-order valence-electron chi connectivity index (χ0n) is 87.3. The van der Waals surface area contributed by atoms with Crippen molar-refractivity contribution in [3.05, 3.63) is 71.7 Å². The van der Waals surface area contributed by atoms with Crippen molar-refractivity contribution in [3.63, 3.8) is 0 Å². The summed E-state index contributed by atoms with van der Waals surface area (Å²) < 4.78 is 151. The molecule has 6 bridgehead atoms. The summed E-state index contributed by atoms with van der Waals surface area (Å²) in [6.45, 7) is 15.6. The standard InChI is InChI=1S/C38H48F2N3O6.C38H50F2N3O6.C36H46F2N3O6.3V/c1-4-24-30(21-44)43-20-32(24)49-35-34(41-28-12-11-23(47-3)18-29(28)42-35)38(39,40)15-9-6-10-25-26-16-22(26)17-31(25)48-33(45)19-27(36(43)46)37(2)13-7-5-8-14-37;1-5-26-30(23-44)43-22-31(26)48-34-33(41-28-15-14-25(47-4)20-29(28)42-34)38(39,40)19-10-7-12-24-13-11-18-37(24,3)49-32(45)21-27(35(43)46)36(2)16-8-6-9-17-36;1-5-24-28(21-42)41-20-29(24)46-32-31(39-26-13-12-23(45-4)17-27(26)40-32)36(37,38)16-10-7-11-22-19-35(22,3)47-30(43)18-25(33(41)44)34(2)14-8-6-9-15-34;;;/h11-12,18,22,24-27,30-32H,4-10,13-17,19-20H2,1-3H3;14-15,20,24,26-27,30-31H,5-13,16-19,21-22H2,1-4H3;12-13,17,22,24-25,28-29H,5-11,14-16,18-20H2,1-4H3;;;/q3*-1;;;/t22?,24-,25+,26?,27+,30+,31+,32-;24-,26+,27-,30-,31+,37-;22-,24+,25-,28-,29+,35-;;;/m011.../s1. The Hall–Kier alpha value is -8.36. The molecular formula is C112H144F6N9O18V3-3. The number of carbonyl (C=O) groups is 6. The van der Waals surface area contributed by atoms with Crippen molar-refractivity contribution in [2.24, 2.45) is 81.3 Å². The molecule has 3 radical (unpaired) electrons. The fraction of sp³-hybridized carbons (Fsp3) is 0.705. The first-order valence-corrected chi connectivity index (χ1v) is 53.8. The van der Waals surface area contributed by atoms with Crippen LogP contribution in [0, 0.1) is 81.3 Å². The second-order valence-electron chi connectivity index (χ2n) is 45.5. The van der Waals surface area contributed by atoms with E-state index in [0.717, 1.165) is 122 Å². The number of aromatic nitrogens is 6. The number of rotatable bonds is 12. The van der Waals surface area contributed by atoms with Crippen molar-refractivity contribution in [3.8, 4) is 34.9 Å². The molecule has 6 aromatic rings. The van der Waals surface area contributed by atoms with E-state index in [1.165, 1.54) is 36.0 Å². The molecule has 2 unspecified atom stereocenters. The zero-order chi connectivity index (χ0) is 103. The Kier molecular flexibility index (Phi) is 37.1. The van der Waals surface area contributed by atoms with E-state index in [-0.39, 0.29) is 190 Å². The smallest absolute Gasteiger partial charge is 0.307 e. The summed E-state index contributed by atoms with van der Waals surface area (Å²) >= 11 is 0. The molecule has 3 amide bonds. The minimum Gasteiger partial charge on any atom is -0.540 e. The molecule has 36 heteroatoms. The summed E-state index contributed by atoms with van der Waals surface area (Å²) in [7, 11) is 4.52. The first kappa shape index (κ1) is 115. The maximum atomic E-state index is 16.2. The van der Waals surface area contributed by atoms with Crippen LogP contribution in [0.2, 0.25) is 0 Å². The van der Waals surface area contributed by atoms with Crippen LogP contribution in [0.1, 0.15) is 323 Å². The fourth-order valence-electron chi connectivity index (χ4n) is 27.0. The van der Waals surface area contributed by atoms with Gasteiger partial charge in [0.1, 0.15) is 52.9 Å².